The maximum atomic E-state index is 13.6. The molecule has 0 unspecified atom stereocenters. The van der Waals surface area contributed by atoms with E-state index in [0.29, 0.717) is 39.3 Å². The monoisotopic (exact) mass is 450 g/mol. The molecule has 1 heterocycles. The Hall–Kier alpha value is -4.27. The van der Waals surface area contributed by atoms with Crippen LogP contribution < -0.4 is 24.5 Å². The molecule has 0 radical (unpaired) electrons. The van der Waals surface area contributed by atoms with Gasteiger partial charge in [-0.1, -0.05) is 12.1 Å². The van der Waals surface area contributed by atoms with E-state index in [1.54, 1.807) is 42.0 Å². The predicted octanol–water partition coefficient (Wildman–Crippen LogP) is 4.15. The molecule has 0 aliphatic heterocycles. The van der Waals surface area contributed by atoms with Gasteiger partial charge in [-0.05, 0) is 23.8 Å². The van der Waals surface area contributed by atoms with Crippen LogP contribution in [0.25, 0.3) is 21.7 Å². The Bertz CT molecular complexity index is 1430. The minimum atomic E-state index is -0.460. The SMILES string of the molecule is COc1cc2c(=O)n(Cc3ccc([N+](=O)[O-])cc3)c3cc(OC)c(OC)cc3c2cc1OC. The minimum absolute atomic E-state index is 0.0160. The van der Waals surface area contributed by atoms with Crippen LogP contribution in [0.3, 0.4) is 0 Å². The lowest BCUT2D eigenvalue weighted by atomic mass is 10.0. The number of nitro groups is 1. The number of methoxy groups -OCH3 is 4. The number of rotatable bonds is 7. The molecule has 0 bridgehead atoms. The average molecular weight is 450 g/mol. The van der Waals surface area contributed by atoms with Crippen molar-refractivity contribution < 1.29 is 23.9 Å². The van der Waals surface area contributed by atoms with Gasteiger partial charge >= 0.3 is 0 Å². The normalized spacial score (nSPS) is 10.9. The number of pyridine rings is 1. The first-order valence-electron chi connectivity index (χ1n) is 9.99. The molecule has 1 aromatic heterocycles. The van der Waals surface area contributed by atoms with Crippen LogP contribution in [0.5, 0.6) is 23.0 Å². The highest BCUT2D eigenvalue weighted by atomic mass is 16.6. The third-order valence-electron chi connectivity index (χ3n) is 5.57. The molecule has 0 aliphatic rings. The second-order valence-electron chi connectivity index (χ2n) is 7.29. The van der Waals surface area contributed by atoms with Crippen LogP contribution in [0.15, 0.2) is 53.3 Å². The van der Waals surface area contributed by atoms with Gasteiger partial charge in [0.15, 0.2) is 23.0 Å². The minimum Gasteiger partial charge on any atom is -0.493 e. The number of ether oxygens (including phenoxy) is 4. The number of fused-ring (bicyclic) bond motifs is 3. The van der Waals surface area contributed by atoms with E-state index in [-0.39, 0.29) is 17.8 Å². The summed E-state index contributed by atoms with van der Waals surface area (Å²) in [6.45, 7) is 0.201. The molecule has 0 spiro atoms. The third-order valence-corrected chi connectivity index (χ3v) is 5.57. The molecule has 3 aromatic carbocycles. The first-order chi connectivity index (χ1) is 15.9. The van der Waals surface area contributed by atoms with Crippen LogP contribution >= 0.6 is 0 Å². The second-order valence-corrected chi connectivity index (χ2v) is 7.29. The third kappa shape index (κ3) is 3.78. The Labute approximate surface area is 188 Å². The molecule has 0 atom stereocenters. The van der Waals surface area contributed by atoms with Crippen molar-refractivity contribution >= 4 is 27.4 Å². The molecule has 4 aromatic rings. The molecule has 0 saturated carbocycles. The Morgan fingerprint density at radius 1 is 0.758 bits per heavy atom. The Kier molecular flexibility index (Phi) is 5.78. The maximum Gasteiger partial charge on any atom is 0.269 e. The lowest BCUT2D eigenvalue weighted by Crippen LogP contribution is -2.22. The molecule has 9 nitrogen and oxygen atoms in total. The lowest BCUT2D eigenvalue weighted by molar-refractivity contribution is -0.384. The number of hydrogen-bond donors (Lipinski definition) is 0. The number of nitro benzene ring substituents is 1. The van der Waals surface area contributed by atoms with Crippen molar-refractivity contribution in [2.45, 2.75) is 6.54 Å². The van der Waals surface area contributed by atoms with E-state index in [0.717, 1.165) is 10.9 Å². The first-order valence-corrected chi connectivity index (χ1v) is 9.99. The second kappa shape index (κ2) is 8.70. The fourth-order valence-electron chi connectivity index (χ4n) is 3.90. The van der Waals surface area contributed by atoms with Crippen LogP contribution in [0.1, 0.15) is 5.56 Å². The van der Waals surface area contributed by atoms with E-state index in [1.807, 2.05) is 6.07 Å². The number of nitrogens with zero attached hydrogens (tertiary/aromatic N) is 2. The molecule has 4 rings (SSSR count). The van der Waals surface area contributed by atoms with Gasteiger partial charge in [-0.3, -0.25) is 14.9 Å². The van der Waals surface area contributed by atoms with E-state index < -0.39 is 4.92 Å². The van der Waals surface area contributed by atoms with Gasteiger partial charge in [0.2, 0.25) is 0 Å². The molecular weight excluding hydrogens is 428 g/mol. The smallest absolute Gasteiger partial charge is 0.269 e. The summed E-state index contributed by atoms with van der Waals surface area (Å²) in [7, 11) is 6.11. The summed E-state index contributed by atoms with van der Waals surface area (Å²) in [5, 5.41) is 12.9. The van der Waals surface area contributed by atoms with Gasteiger partial charge in [0.25, 0.3) is 11.2 Å². The van der Waals surface area contributed by atoms with Crippen LogP contribution in [0, 0.1) is 10.1 Å². The largest absolute Gasteiger partial charge is 0.493 e. The number of aromatic nitrogens is 1. The van der Waals surface area contributed by atoms with Crippen LogP contribution in [-0.2, 0) is 6.54 Å². The van der Waals surface area contributed by atoms with Crippen molar-refractivity contribution in [2.24, 2.45) is 0 Å². The van der Waals surface area contributed by atoms with E-state index in [1.165, 1.54) is 33.5 Å². The topological polar surface area (TPSA) is 102 Å². The Morgan fingerprint density at radius 2 is 1.24 bits per heavy atom. The zero-order valence-corrected chi connectivity index (χ0v) is 18.6. The van der Waals surface area contributed by atoms with Gasteiger partial charge in [-0.2, -0.15) is 0 Å². The van der Waals surface area contributed by atoms with Crippen molar-refractivity contribution in [1.29, 1.82) is 0 Å². The van der Waals surface area contributed by atoms with Crippen molar-refractivity contribution in [1.82, 2.24) is 4.57 Å². The summed E-state index contributed by atoms with van der Waals surface area (Å²) in [5.41, 5.74) is 1.09. The van der Waals surface area contributed by atoms with Crippen LogP contribution in [-0.4, -0.2) is 37.9 Å². The number of benzene rings is 3. The molecular formula is C24H22N2O7. The molecule has 0 saturated heterocycles. The first kappa shape index (κ1) is 21.9. The number of hydrogen-bond acceptors (Lipinski definition) is 7. The van der Waals surface area contributed by atoms with Crippen molar-refractivity contribution in [3.63, 3.8) is 0 Å². The van der Waals surface area contributed by atoms with Gasteiger partial charge in [0.1, 0.15) is 0 Å². The molecule has 0 aliphatic carbocycles. The van der Waals surface area contributed by atoms with Gasteiger partial charge in [0.05, 0.1) is 50.8 Å². The van der Waals surface area contributed by atoms with Gasteiger partial charge in [-0.25, -0.2) is 0 Å². The fraction of sp³-hybridized carbons (Fsp3) is 0.208. The van der Waals surface area contributed by atoms with E-state index in [9.17, 15) is 14.9 Å². The predicted molar refractivity (Wildman–Crippen MR) is 124 cm³/mol. The molecule has 33 heavy (non-hydrogen) atoms. The van der Waals surface area contributed by atoms with Gasteiger partial charge < -0.3 is 23.5 Å². The highest BCUT2D eigenvalue weighted by Crippen LogP contribution is 2.38. The van der Waals surface area contributed by atoms with Gasteiger partial charge in [0, 0.05) is 29.0 Å². The zero-order valence-electron chi connectivity index (χ0n) is 18.6. The summed E-state index contributed by atoms with van der Waals surface area (Å²) < 4.78 is 23.4. The fourth-order valence-corrected chi connectivity index (χ4v) is 3.90. The van der Waals surface area contributed by atoms with Crippen molar-refractivity contribution in [2.75, 3.05) is 28.4 Å². The Morgan fingerprint density at radius 3 is 1.76 bits per heavy atom. The molecule has 170 valence electrons. The molecule has 0 fully saturated rings. The summed E-state index contributed by atoms with van der Waals surface area (Å²) in [5.74, 6) is 1.92. The summed E-state index contributed by atoms with van der Waals surface area (Å²) >= 11 is 0. The maximum absolute atomic E-state index is 13.6. The molecule has 9 heteroatoms. The number of non-ortho nitro benzene ring substituents is 1. The Balaban J connectivity index is 2.05. The summed E-state index contributed by atoms with van der Waals surface area (Å²) in [6, 6.07) is 13.1. The van der Waals surface area contributed by atoms with Crippen LogP contribution in [0.4, 0.5) is 5.69 Å². The molecule has 0 N–H and O–H groups in total. The van der Waals surface area contributed by atoms with Crippen molar-refractivity contribution in [3.05, 3.63) is 74.6 Å². The van der Waals surface area contributed by atoms with E-state index in [2.05, 4.69) is 0 Å². The standard InChI is InChI=1S/C24H22N2O7/c1-30-20-9-16-17-10-21(31-2)23(33-4)12-19(17)25(24(27)18(16)11-22(20)32-3)13-14-5-7-15(8-6-14)26(28)29/h5-12H,13H2,1-4H3. The van der Waals surface area contributed by atoms with E-state index in [4.69, 9.17) is 18.9 Å². The summed E-state index contributed by atoms with van der Waals surface area (Å²) in [4.78, 5) is 24.2. The van der Waals surface area contributed by atoms with Crippen molar-refractivity contribution in [3.8, 4) is 23.0 Å². The van der Waals surface area contributed by atoms with E-state index >= 15 is 0 Å². The summed E-state index contributed by atoms with van der Waals surface area (Å²) in [6.07, 6.45) is 0. The molecule has 0 amide bonds. The zero-order chi connectivity index (χ0) is 23.7. The highest BCUT2D eigenvalue weighted by Gasteiger charge is 2.18. The van der Waals surface area contributed by atoms with Crippen LogP contribution in [0.2, 0.25) is 0 Å². The van der Waals surface area contributed by atoms with Gasteiger partial charge in [-0.15, -0.1) is 0 Å². The lowest BCUT2D eigenvalue weighted by Gasteiger charge is -2.17. The average Bonchev–Trinajstić information content (AvgIpc) is 2.85. The highest BCUT2D eigenvalue weighted by molar-refractivity contribution is 6.07. The quantitative estimate of drug-likeness (QED) is 0.237.